The van der Waals surface area contributed by atoms with Crippen molar-refractivity contribution in [1.82, 2.24) is 0 Å². The molecule has 1 N–H and O–H groups in total. The summed E-state index contributed by atoms with van der Waals surface area (Å²) in [4.78, 5) is 0. The summed E-state index contributed by atoms with van der Waals surface area (Å²) < 4.78 is 0. The highest BCUT2D eigenvalue weighted by molar-refractivity contribution is 5.87. The molecule has 1 nitrogen and oxygen atoms in total. The quantitative estimate of drug-likeness (QED) is 0.760. The van der Waals surface area contributed by atoms with Gasteiger partial charge in [-0.2, -0.15) is 0 Å². The smallest absolute Gasteiger partial charge is 0.0687 e. The number of aliphatic hydroxyl groups is 1. The first kappa shape index (κ1) is 8.97. The van der Waals surface area contributed by atoms with Crippen LogP contribution < -0.4 is 0 Å². The van der Waals surface area contributed by atoms with E-state index >= 15 is 0 Å². The van der Waals surface area contributed by atoms with Gasteiger partial charge in [0.2, 0.25) is 0 Å². The van der Waals surface area contributed by atoms with E-state index in [0.717, 1.165) is 21.9 Å². The molecule has 1 heteroatoms. The van der Waals surface area contributed by atoms with Crippen molar-refractivity contribution in [1.29, 1.82) is 0 Å². The van der Waals surface area contributed by atoms with Gasteiger partial charge in [0, 0.05) is 0 Å². The summed E-state index contributed by atoms with van der Waals surface area (Å²) in [6.07, 6.45) is 1.81. The van der Waals surface area contributed by atoms with Gasteiger partial charge in [0.25, 0.3) is 0 Å². The van der Waals surface area contributed by atoms with Gasteiger partial charge in [-0.05, 0) is 28.0 Å². The average Bonchev–Trinajstić information content (AvgIpc) is 2.27. The summed E-state index contributed by atoms with van der Waals surface area (Å²) in [5, 5.41) is 11.4. The van der Waals surface area contributed by atoms with Crippen LogP contribution in [0.4, 0.5) is 0 Å². The highest BCUT2D eigenvalue weighted by atomic mass is 16.3. The first-order valence-electron chi connectivity index (χ1n) is 4.60. The first-order chi connectivity index (χ1) is 6.85. The SMILES string of the molecule is C=Cc1ccc2cccc(CO)c2c1. The molecular weight excluding hydrogens is 172 g/mol. The number of benzene rings is 2. The van der Waals surface area contributed by atoms with Crippen molar-refractivity contribution in [3.63, 3.8) is 0 Å². The highest BCUT2D eigenvalue weighted by Gasteiger charge is 1.99. The summed E-state index contributed by atoms with van der Waals surface area (Å²) in [6, 6.07) is 12.1. The molecule has 0 fully saturated rings. The van der Waals surface area contributed by atoms with Crippen molar-refractivity contribution in [2.24, 2.45) is 0 Å². The van der Waals surface area contributed by atoms with Crippen LogP contribution in [0.3, 0.4) is 0 Å². The Kier molecular flexibility index (Phi) is 2.33. The summed E-state index contributed by atoms with van der Waals surface area (Å²) >= 11 is 0. The molecule has 0 heterocycles. The molecule has 0 aromatic heterocycles. The number of fused-ring (bicyclic) bond motifs is 1. The zero-order valence-corrected chi connectivity index (χ0v) is 7.90. The van der Waals surface area contributed by atoms with Gasteiger partial charge in [-0.15, -0.1) is 0 Å². The van der Waals surface area contributed by atoms with Gasteiger partial charge in [0.1, 0.15) is 0 Å². The molecule has 2 aromatic rings. The summed E-state index contributed by atoms with van der Waals surface area (Å²) in [5.74, 6) is 0. The lowest BCUT2D eigenvalue weighted by Crippen LogP contribution is -1.85. The molecule has 14 heavy (non-hydrogen) atoms. The molecule has 70 valence electrons. The third kappa shape index (κ3) is 1.42. The standard InChI is InChI=1S/C13H12O/c1-2-10-6-7-11-4-3-5-12(9-14)13(11)8-10/h2-8,14H,1,9H2. The molecule has 2 aromatic carbocycles. The van der Waals surface area contributed by atoms with E-state index in [1.54, 1.807) is 0 Å². The third-order valence-electron chi connectivity index (χ3n) is 2.40. The van der Waals surface area contributed by atoms with E-state index in [9.17, 15) is 5.11 Å². The predicted molar refractivity (Wildman–Crippen MR) is 60.0 cm³/mol. The number of hydrogen-bond donors (Lipinski definition) is 1. The molecule has 0 spiro atoms. The van der Waals surface area contributed by atoms with E-state index in [1.165, 1.54) is 0 Å². The number of aliphatic hydroxyl groups excluding tert-OH is 1. The maximum atomic E-state index is 9.17. The Morgan fingerprint density at radius 3 is 2.79 bits per heavy atom. The Balaban J connectivity index is 2.76. The first-order valence-corrected chi connectivity index (χ1v) is 4.60. The molecule has 0 saturated carbocycles. The van der Waals surface area contributed by atoms with E-state index in [-0.39, 0.29) is 6.61 Å². The minimum atomic E-state index is 0.0813. The van der Waals surface area contributed by atoms with Crippen molar-refractivity contribution < 1.29 is 5.11 Å². The van der Waals surface area contributed by atoms with Gasteiger partial charge < -0.3 is 5.11 Å². The van der Waals surface area contributed by atoms with Gasteiger partial charge in [-0.3, -0.25) is 0 Å². The van der Waals surface area contributed by atoms with Gasteiger partial charge in [0.15, 0.2) is 0 Å². The molecule has 0 atom stereocenters. The van der Waals surface area contributed by atoms with Gasteiger partial charge in [-0.1, -0.05) is 43.0 Å². The summed E-state index contributed by atoms with van der Waals surface area (Å²) in [7, 11) is 0. The second-order valence-corrected chi connectivity index (χ2v) is 3.26. The molecule has 0 aliphatic carbocycles. The van der Waals surface area contributed by atoms with Crippen LogP contribution in [0.5, 0.6) is 0 Å². The van der Waals surface area contributed by atoms with Crippen molar-refractivity contribution in [3.05, 3.63) is 54.1 Å². The fourth-order valence-electron chi connectivity index (χ4n) is 1.62. The predicted octanol–water partition coefficient (Wildman–Crippen LogP) is 2.98. The Hall–Kier alpha value is -1.60. The van der Waals surface area contributed by atoms with Gasteiger partial charge in [0.05, 0.1) is 6.61 Å². The molecular formula is C13H12O. The highest BCUT2D eigenvalue weighted by Crippen LogP contribution is 2.20. The number of hydrogen-bond acceptors (Lipinski definition) is 1. The van der Waals surface area contributed by atoms with Crippen molar-refractivity contribution >= 4 is 16.8 Å². The Morgan fingerprint density at radius 1 is 1.21 bits per heavy atom. The van der Waals surface area contributed by atoms with Crippen LogP contribution in [-0.4, -0.2) is 5.11 Å². The molecule has 0 radical (unpaired) electrons. The van der Waals surface area contributed by atoms with Crippen LogP contribution in [0.25, 0.3) is 16.8 Å². The second-order valence-electron chi connectivity index (χ2n) is 3.26. The van der Waals surface area contributed by atoms with E-state index < -0.39 is 0 Å². The van der Waals surface area contributed by atoms with Crippen molar-refractivity contribution in [2.75, 3.05) is 0 Å². The molecule has 0 amide bonds. The van der Waals surface area contributed by atoms with E-state index in [2.05, 4.69) is 6.58 Å². The fraction of sp³-hybridized carbons (Fsp3) is 0.0769. The van der Waals surface area contributed by atoms with Crippen molar-refractivity contribution in [3.8, 4) is 0 Å². The Bertz CT molecular complexity index is 472. The van der Waals surface area contributed by atoms with E-state index in [4.69, 9.17) is 0 Å². The maximum absolute atomic E-state index is 9.17. The summed E-state index contributed by atoms with van der Waals surface area (Å²) in [5.41, 5.74) is 2.05. The molecule has 0 bridgehead atoms. The molecule has 0 aliphatic heterocycles. The molecule has 0 unspecified atom stereocenters. The largest absolute Gasteiger partial charge is 0.392 e. The average molecular weight is 184 g/mol. The van der Waals surface area contributed by atoms with E-state index in [1.807, 2.05) is 42.5 Å². The molecule has 0 saturated heterocycles. The van der Waals surface area contributed by atoms with Crippen LogP contribution >= 0.6 is 0 Å². The van der Waals surface area contributed by atoms with Gasteiger partial charge in [-0.25, -0.2) is 0 Å². The second kappa shape index (κ2) is 3.64. The Morgan fingerprint density at radius 2 is 2.07 bits per heavy atom. The van der Waals surface area contributed by atoms with Crippen LogP contribution in [0.2, 0.25) is 0 Å². The minimum absolute atomic E-state index is 0.0813. The lowest BCUT2D eigenvalue weighted by atomic mass is 10.0. The lowest BCUT2D eigenvalue weighted by molar-refractivity contribution is 0.283. The molecule has 2 rings (SSSR count). The van der Waals surface area contributed by atoms with Crippen LogP contribution in [-0.2, 0) is 6.61 Å². The lowest BCUT2D eigenvalue weighted by Gasteiger charge is -2.04. The number of rotatable bonds is 2. The topological polar surface area (TPSA) is 20.2 Å². The zero-order valence-electron chi connectivity index (χ0n) is 7.90. The summed E-state index contributed by atoms with van der Waals surface area (Å²) in [6.45, 7) is 3.81. The van der Waals surface area contributed by atoms with E-state index in [0.29, 0.717) is 0 Å². The molecule has 0 aliphatic rings. The van der Waals surface area contributed by atoms with Crippen molar-refractivity contribution in [2.45, 2.75) is 6.61 Å². The minimum Gasteiger partial charge on any atom is -0.392 e. The maximum Gasteiger partial charge on any atom is 0.0687 e. The normalized spacial score (nSPS) is 10.4. The van der Waals surface area contributed by atoms with Crippen LogP contribution in [0.1, 0.15) is 11.1 Å². The zero-order chi connectivity index (χ0) is 9.97. The third-order valence-corrected chi connectivity index (χ3v) is 2.40. The fourth-order valence-corrected chi connectivity index (χ4v) is 1.62. The Labute approximate surface area is 83.3 Å². The monoisotopic (exact) mass is 184 g/mol. The van der Waals surface area contributed by atoms with Crippen LogP contribution in [0, 0.1) is 0 Å². The van der Waals surface area contributed by atoms with Crippen LogP contribution in [0.15, 0.2) is 43.0 Å². The van der Waals surface area contributed by atoms with Gasteiger partial charge >= 0.3 is 0 Å².